The molecule has 1 fully saturated rings. The number of halogens is 2. The van der Waals surface area contributed by atoms with Crippen LogP contribution < -0.4 is 20.3 Å². The van der Waals surface area contributed by atoms with E-state index in [1.54, 1.807) is 13.2 Å². The van der Waals surface area contributed by atoms with Gasteiger partial charge in [-0.15, -0.1) is 24.0 Å². The van der Waals surface area contributed by atoms with Crippen LogP contribution in [-0.2, 0) is 6.54 Å². The van der Waals surface area contributed by atoms with Crippen molar-refractivity contribution in [2.24, 2.45) is 4.99 Å². The van der Waals surface area contributed by atoms with Crippen LogP contribution in [0.1, 0.15) is 25.3 Å². The van der Waals surface area contributed by atoms with Crippen LogP contribution in [0.15, 0.2) is 47.6 Å². The van der Waals surface area contributed by atoms with E-state index in [0.717, 1.165) is 55.6 Å². The largest absolute Gasteiger partial charge is 0.494 e. The summed E-state index contributed by atoms with van der Waals surface area (Å²) < 4.78 is 5.70. The van der Waals surface area contributed by atoms with Crippen LogP contribution in [0.5, 0.6) is 5.75 Å². The molecule has 0 spiro atoms. The normalized spacial score (nSPS) is 16.3. The minimum absolute atomic E-state index is 0. The second-order valence-corrected chi connectivity index (χ2v) is 7.21. The van der Waals surface area contributed by atoms with E-state index in [0.29, 0.717) is 17.6 Å². The van der Waals surface area contributed by atoms with Gasteiger partial charge in [0.05, 0.1) is 11.6 Å². The SMILES string of the molecule is CCCOc1cccc(CNC(=NC)NC2CCN(c3ncccc3Cl)C2)c1.I. The number of pyridine rings is 1. The van der Waals surface area contributed by atoms with Gasteiger partial charge in [0.25, 0.3) is 0 Å². The van der Waals surface area contributed by atoms with E-state index in [-0.39, 0.29) is 24.0 Å². The van der Waals surface area contributed by atoms with E-state index in [1.807, 2.05) is 24.3 Å². The average Bonchev–Trinajstić information content (AvgIpc) is 3.18. The topological polar surface area (TPSA) is 61.8 Å². The third-order valence-electron chi connectivity index (χ3n) is 4.62. The number of hydrogen-bond acceptors (Lipinski definition) is 4. The van der Waals surface area contributed by atoms with Crippen LogP contribution in [-0.4, -0.2) is 43.7 Å². The Bertz CT molecular complexity index is 804. The average molecular weight is 530 g/mol. The lowest BCUT2D eigenvalue weighted by atomic mass is 10.2. The summed E-state index contributed by atoms with van der Waals surface area (Å²) in [5.41, 5.74) is 1.16. The zero-order valence-electron chi connectivity index (χ0n) is 16.9. The van der Waals surface area contributed by atoms with Crippen LogP contribution >= 0.6 is 35.6 Å². The Morgan fingerprint density at radius 3 is 2.97 bits per heavy atom. The van der Waals surface area contributed by atoms with Crippen LogP contribution in [0.3, 0.4) is 0 Å². The number of rotatable bonds is 7. The van der Waals surface area contributed by atoms with Gasteiger partial charge >= 0.3 is 0 Å². The molecule has 0 radical (unpaired) electrons. The molecule has 1 aliphatic heterocycles. The zero-order valence-corrected chi connectivity index (χ0v) is 20.0. The Balaban J connectivity index is 0.00000300. The first kappa shape index (κ1) is 23.5. The molecule has 158 valence electrons. The molecule has 1 aromatic heterocycles. The molecular weight excluding hydrogens is 501 g/mol. The molecule has 0 aliphatic carbocycles. The molecule has 1 aliphatic rings. The first-order valence-corrected chi connectivity index (χ1v) is 10.1. The number of aliphatic imine (C=N–C) groups is 1. The maximum Gasteiger partial charge on any atom is 0.191 e. The summed E-state index contributed by atoms with van der Waals surface area (Å²) in [5, 5.41) is 7.57. The second-order valence-electron chi connectivity index (χ2n) is 6.81. The lowest BCUT2D eigenvalue weighted by molar-refractivity contribution is 0.317. The minimum Gasteiger partial charge on any atom is -0.494 e. The summed E-state index contributed by atoms with van der Waals surface area (Å²) in [5.74, 6) is 2.54. The predicted octanol–water partition coefficient (Wildman–Crippen LogP) is 4.09. The molecule has 1 saturated heterocycles. The van der Waals surface area contributed by atoms with Crippen molar-refractivity contribution in [3.05, 3.63) is 53.2 Å². The Kier molecular flexibility index (Phi) is 9.80. The molecule has 1 aromatic carbocycles. The number of anilines is 1. The van der Waals surface area contributed by atoms with Crippen LogP contribution in [0.4, 0.5) is 5.82 Å². The fourth-order valence-electron chi connectivity index (χ4n) is 3.22. The molecule has 3 rings (SSSR count). The number of ether oxygens (including phenoxy) is 1. The Morgan fingerprint density at radius 1 is 1.34 bits per heavy atom. The van der Waals surface area contributed by atoms with E-state index in [4.69, 9.17) is 16.3 Å². The quantitative estimate of drug-likeness (QED) is 0.321. The zero-order chi connectivity index (χ0) is 19.8. The van der Waals surface area contributed by atoms with Gasteiger partial charge < -0.3 is 20.3 Å². The van der Waals surface area contributed by atoms with Crippen molar-refractivity contribution >= 4 is 47.4 Å². The first-order valence-electron chi connectivity index (χ1n) is 9.74. The molecule has 29 heavy (non-hydrogen) atoms. The standard InChI is InChI=1S/C21H28ClN5O.HI/c1-3-12-28-18-7-4-6-16(13-18)14-25-21(23-2)26-17-9-11-27(15-17)20-19(22)8-5-10-24-20;/h4-8,10,13,17H,3,9,11-12,14-15H2,1-2H3,(H2,23,25,26);1H. The summed E-state index contributed by atoms with van der Waals surface area (Å²) in [4.78, 5) is 11.0. The highest BCUT2D eigenvalue weighted by atomic mass is 127. The molecule has 0 saturated carbocycles. The molecule has 0 amide bonds. The molecular formula is C21H29ClIN5O. The maximum atomic E-state index is 6.28. The van der Waals surface area contributed by atoms with Crippen LogP contribution in [0.25, 0.3) is 0 Å². The number of nitrogens with one attached hydrogen (secondary N) is 2. The summed E-state index contributed by atoms with van der Waals surface area (Å²) in [6, 6.07) is 12.2. The molecule has 1 unspecified atom stereocenters. The van der Waals surface area contributed by atoms with Crippen molar-refractivity contribution < 1.29 is 4.74 Å². The Morgan fingerprint density at radius 2 is 2.21 bits per heavy atom. The van der Waals surface area contributed by atoms with E-state index in [1.165, 1.54) is 0 Å². The summed E-state index contributed by atoms with van der Waals surface area (Å²) in [6.45, 7) is 5.29. The summed E-state index contributed by atoms with van der Waals surface area (Å²) in [7, 11) is 1.79. The molecule has 6 nitrogen and oxygen atoms in total. The number of benzene rings is 1. The van der Waals surface area contributed by atoms with Gasteiger partial charge in [0, 0.05) is 38.9 Å². The number of hydrogen-bond donors (Lipinski definition) is 2. The third-order valence-corrected chi connectivity index (χ3v) is 4.92. The number of guanidine groups is 1. The van der Waals surface area contributed by atoms with Crippen molar-refractivity contribution in [1.82, 2.24) is 15.6 Å². The molecule has 2 aromatic rings. The fraction of sp³-hybridized carbons (Fsp3) is 0.429. The minimum atomic E-state index is 0. The van der Waals surface area contributed by atoms with E-state index >= 15 is 0 Å². The van der Waals surface area contributed by atoms with Gasteiger partial charge in [-0.05, 0) is 42.7 Å². The van der Waals surface area contributed by atoms with Crippen molar-refractivity contribution in [2.45, 2.75) is 32.4 Å². The van der Waals surface area contributed by atoms with E-state index in [2.05, 4.69) is 44.6 Å². The van der Waals surface area contributed by atoms with E-state index in [9.17, 15) is 0 Å². The van der Waals surface area contributed by atoms with Gasteiger partial charge in [0.2, 0.25) is 0 Å². The second kappa shape index (κ2) is 12.1. The molecule has 1 atom stereocenters. The van der Waals surface area contributed by atoms with Gasteiger partial charge in [-0.25, -0.2) is 4.98 Å². The molecule has 2 heterocycles. The van der Waals surface area contributed by atoms with Gasteiger partial charge in [0.1, 0.15) is 11.6 Å². The maximum absolute atomic E-state index is 6.28. The highest BCUT2D eigenvalue weighted by Gasteiger charge is 2.25. The lowest BCUT2D eigenvalue weighted by Gasteiger charge is -2.20. The van der Waals surface area contributed by atoms with Crippen LogP contribution in [0, 0.1) is 0 Å². The summed E-state index contributed by atoms with van der Waals surface area (Å²) >= 11 is 6.28. The highest BCUT2D eigenvalue weighted by molar-refractivity contribution is 14.0. The Labute approximate surface area is 195 Å². The first-order chi connectivity index (χ1) is 13.7. The molecule has 2 N–H and O–H groups in total. The van der Waals surface area contributed by atoms with Crippen molar-refractivity contribution in [3.8, 4) is 5.75 Å². The van der Waals surface area contributed by atoms with Crippen LogP contribution in [0.2, 0.25) is 5.02 Å². The van der Waals surface area contributed by atoms with E-state index < -0.39 is 0 Å². The van der Waals surface area contributed by atoms with Crippen molar-refractivity contribution in [3.63, 3.8) is 0 Å². The smallest absolute Gasteiger partial charge is 0.191 e. The third kappa shape index (κ3) is 6.92. The van der Waals surface area contributed by atoms with Crippen molar-refractivity contribution in [1.29, 1.82) is 0 Å². The Hall–Kier alpha value is -1.74. The van der Waals surface area contributed by atoms with Gasteiger partial charge in [-0.3, -0.25) is 4.99 Å². The molecule has 0 bridgehead atoms. The lowest BCUT2D eigenvalue weighted by Crippen LogP contribution is -2.44. The van der Waals surface area contributed by atoms with Gasteiger partial charge in [0.15, 0.2) is 5.96 Å². The predicted molar refractivity (Wildman–Crippen MR) is 131 cm³/mol. The summed E-state index contributed by atoms with van der Waals surface area (Å²) in [6.07, 6.45) is 3.79. The number of nitrogens with zero attached hydrogens (tertiary/aromatic N) is 3. The number of aromatic nitrogens is 1. The van der Waals surface area contributed by atoms with Gasteiger partial charge in [-0.2, -0.15) is 0 Å². The highest BCUT2D eigenvalue weighted by Crippen LogP contribution is 2.25. The molecule has 8 heteroatoms. The monoisotopic (exact) mass is 529 g/mol. The fourth-order valence-corrected chi connectivity index (χ4v) is 3.46. The van der Waals surface area contributed by atoms with Gasteiger partial charge in [-0.1, -0.05) is 30.7 Å². The van der Waals surface area contributed by atoms with Crippen molar-refractivity contribution in [2.75, 3.05) is 31.6 Å².